The molecule has 1 aliphatic heterocycles. The number of hydrogen-bond acceptors (Lipinski definition) is 8. The molecule has 0 spiro atoms. The Balaban J connectivity index is 2.27. The van der Waals surface area contributed by atoms with Crippen molar-refractivity contribution >= 4 is 30.6 Å². The molecule has 1 amide bonds. The van der Waals surface area contributed by atoms with Crippen LogP contribution < -0.4 is 15.7 Å². The quantitative estimate of drug-likeness (QED) is 0.267. The molecule has 4 N–H and O–H groups in total. The van der Waals surface area contributed by atoms with Gasteiger partial charge >= 0.3 is 5.97 Å². The van der Waals surface area contributed by atoms with Crippen LogP contribution in [0.2, 0.25) is 5.04 Å². The van der Waals surface area contributed by atoms with E-state index in [1.165, 1.54) is 20.1 Å². The van der Waals surface area contributed by atoms with E-state index >= 15 is 0 Å². The third-order valence-electron chi connectivity index (χ3n) is 6.69. The lowest BCUT2D eigenvalue weighted by Crippen LogP contribution is -2.70. The van der Waals surface area contributed by atoms with Gasteiger partial charge < -0.3 is 34.5 Å². The van der Waals surface area contributed by atoms with E-state index in [9.17, 15) is 24.9 Å². The summed E-state index contributed by atoms with van der Waals surface area (Å²) >= 11 is 0. The first-order valence-electron chi connectivity index (χ1n) is 12.5. The standard InChI is InChI=1S/C28H37NO8Si/c1-18(31)29-24-22(16-23(27(34)35-5)36-26(24)25(33)21(32)17-30)37-38(28(2,3)4,19-12-8-6-9-13-19)20-14-10-7-11-15-20/h6-16,21-22,24-26,30,32-33H,17H2,1-5H3,(H,29,31). The van der Waals surface area contributed by atoms with Gasteiger partial charge in [0.15, 0.2) is 6.10 Å². The number of amides is 1. The van der Waals surface area contributed by atoms with E-state index in [0.29, 0.717) is 0 Å². The summed E-state index contributed by atoms with van der Waals surface area (Å²) in [4.78, 5) is 24.9. The summed E-state index contributed by atoms with van der Waals surface area (Å²) < 4.78 is 17.8. The van der Waals surface area contributed by atoms with Crippen LogP contribution in [0.25, 0.3) is 0 Å². The molecule has 2 aromatic rings. The summed E-state index contributed by atoms with van der Waals surface area (Å²) in [6.07, 6.45) is -4.11. The minimum absolute atomic E-state index is 0.230. The lowest BCUT2D eigenvalue weighted by atomic mass is 9.94. The van der Waals surface area contributed by atoms with Gasteiger partial charge in [-0.3, -0.25) is 4.79 Å². The first-order chi connectivity index (χ1) is 18.0. The molecule has 5 atom stereocenters. The largest absolute Gasteiger partial charge is 0.478 e. The molecule has 5 unspecified atom stereocenters. The number of nitrogens with one attached hydrogen (secondary N) is 1. The fourth-order valence-corrected chi connectivity index (χ4v) is 9.56. The van der Waals surface area contributed by atoms with Crippen LogP contribution in [0.3, 0.4) is 0 Å². The summed E-state index contributed by atoms with van der Waals surface area (Å²) in [5.41, 5.74) is 0. The lowest BCUT2D eigenvalue weighted by molar-refractivity contribution is -0.151. The summed E-state index contributed by atoms with van der Waals surface area (Å²) in [7, 11) is -2.01. The van der Waals surface area contributed by atoms with Crippen molar-refractivity contribution < 1.29 is 38.8 Å². The van der Waals surface area contributed by atoms with Gasteiger partial charge in [0.05, 0.1) is 25.9 Å². The number of benzene rings is 2. The molecule has 9 nitrogen and oxygen atoms in total. The molecule has 0 aliphatic carbocycles. The number of ether oxygens (including phenoxy) is 2. The highest BCUT2D eigenvalue weighted by Crippen LogP contribution is 2.39. The van der Waals surface area contributed by atoms with Crippen molar-refractivity contribution in [1.29, 1.82) is 0 Å². The predicted octanol–water partition coefficient (Wildman–Crippen LogP) is 0.606. The zero-order valence-corrected chi connectivity index (χ0v) is 23.3. The van der Waals surface area contributed by atoms with Gasteiger partial charge in [0.25, 0.3) is 8.32 Å². The first-order valence-corrected chi connectivity index (χ1v) is 14.4. The van der Waals surface area contributed by atoms with Gasteiger partial charge in [-0.1, -0.05) is 81.4 Å². The maximum absolute atomic E-state index is 12.6. The molecule has 206 valence electrons. The second kappa shape index (κ2) is 12.2. The number of aliphatic hydroxyl groups excluding tert-OH is 3. The molecular formula is C28H37NO8Si. The maximum atomic E-state index is 12.6. The highest BCUT2D eigenvalue weighted by Gasteiger charge is 2.54. The molecule has 3 rings (SSSR count). The van der Waals surface area contributed by atoms with Crippen LogP contribution >= 0.6 is 0 Å². The Labute approximate surface area is 224 Å². The zero-order chi connectivity index (χ0) is 28.1. The molecule has 2 aromatic carbocycles. The smallest absolute Gasteiger partial charge is 0.373 e. The van der Waals surface area contributed by atoms with Crippen molar-refractivity contribution in [1.82, 2.24) is 5.32 Å². The van der Waals surface area contributed by atoms with Crippen LogP contribution in [0.4, 0.5) is 0 Å². The number of esters is 1. The average molecular weight is 544 g/mol. The third-order valence-corrected chi connectivity index (χ3v) is 11.7. The molecule has 0 saturated heterocycles. The van der Waals surface area contributed by atoms with Crippen LogP contribution in [0, 0.1) is 0 Å². The fourth-order valence-electron chi connectivity index (χ4n) is 4.93. The van der Waals surface area contributed by atoms with Gasteiger partial charge in [0.1, 0.15) is 12.2 Å². The van der Waals surface area contributed by atoms with E-state index in [1.807, 2.05) is 60.7 Å². The minimum Gasteiger partial charge on any atom is -0.478 e. The molecule has 0 aromatic heterocycles. The Kier molecular flexibility index (Phi) is 9.50. The molecule has 0 bridgehead atoms. The van der Waals surface area contributed by atoms with E-state index < -0.39 is 62.3 Å². The molecule has 10 heteroatoms. The predicted molar refractivity (Wildman–Crippen MR) is 144 cm³/mol. The summed E-state index contributed by atoms with van der Waals surface area (Å²) in [6.45, 7) is 6.80. The van der Waals surface area contributed by atoms with Crippen molar-refractivity contribution in [3.05, 3.63) is 72.5 Å². The van der Waals surface area contributed by atoms with E-state index in [4.69, 9.17) is 13.9 Å². The zero-order valence-electron chi connectivity index (χ0n) is 22.3. The van der Waals surface area contributed by atoms with E-state index in [-0.39, 0.29) is 5.76 Å². The second-order valence-electron chi connectivity index (χ2n) is 10.3. The van der Waals surface area contributed by atoms with Gasteiger partial charge in [-0.05, 0) is 21.5 Å². The number of hydrogen-bond donors (Lipinski definition) is 4. The number of carbonyl (C=O) groups excluding carboxylic acids is 2. The Bertz CT molecular complexity index is 1080. The van der Waals surface area contributed by atoms with Gasteiger partial charge in [0.2, 0.25) is 11.7 Å². The molecule has 0 fully saturated rings. The third kappa shape index (κ3) is 6.00. The molecule has 1 aliphatic rings. The lowest BCUT2D eigenvalue weighted by Gasteiger charge is -2.48. The summed E-state index contributed by atoms with van der Waals surface area (Å²) in [5.74, 6) is -1.47. The Hall–Kier alpha value is -3.02. The maximum Gasteiger partial charge on any atom is 0.373 e. The highest BCUT2D eigenvalue weighted by atomic mass is 28.4. The number of carbonyl (C=O) groups is 2. The minimum atomic E-state index is -3.20. The number of rotatable bonds is 9. The molecule has 0 radical (unpaired) electrons. The average Bonchev–Trinajstić information content (AvgIpc) is 2.90. The Morgan fingerprint density at radius 2 is 1.55 bits per heavy atom. The van der Waals surface area contributed by atoms with Crippen molar-refractivity contribution in [2.24, 2.45) is 0 Å². The van der Waals surface area contributed by atoms with Crippen molar-refractivity contribution in [3.63, 3.8) is 0 Å². The van der Waals surface area contributed by atoms with Crippen LogP contribution in [-0.2, 0) is 23.5 Å². The summed E-state index contributed by atoms with van der Waals surface area (Å²) in [6, 6.07) is 18.6. The first kappa shape index (κ1) is 29.5. The number of aliphatic hydroxyl groups is 3. The van der Waals surface area contributed by atoms with Gasteiger partial charge in [0, 0.05) is 6.92 Å². The Morgan fingerprint density at radius 1 is 1.03 bits per heavy atom. The van der Waals surface area contributed by atoms with E-state index in [0.717, 1.165) is 10.4 Å². The summed E-state index contributed by atoms with van der Waals surface area (Å²) in [5, 5.41) is 34.9. The monoisotopic (exact) mass is 543 g/mol. The van der Waals surface area contributed by atoms with Crippen LogP contribution in [0.1, 0.15) is 27.7 Å². The SMILES string of the molecule is COC(=O)C1=CC(O[Si](c2ccccc2)(c2ccccc2)C(C)(C)C)C(NC(C)=O)C(C(O)C(O)CO)O1. The molecule has 0 saturated carbocycles. The topological polar surface area (TPSA) is 135 Å². The molecule has 38 heavy (non-hydrogen) atoms. The normalized spacial score (nSPS) is 21.5. The van der Waals surface area contributed by atoms with Crippen LogP contribution in [-0.4, -0.2) is 79.7 Å². The van der Waals surface area contributed by atoms with Crippen molar-refractivity contribution in [2.75, 3.05) is 13.7 Å². The highest BCUT2D eigenvalue weighted by molar-refractivity contribution is 6.99. The van der Waals surface area contributed by atoms with Crippen molar-refractivity contribution in [3.8, 4) is 0 Å². The second-order valence-corrected chi connectivity index (χ2v) is 14.6. The fraction of sp³-hybridized carbons (Fsp3) is 0.429. The molecule has 1 heterocycles. The van der Waals surface area contributed by atoms with Gasteiger partial charge in [-0.2, -0.15) is 0 Å². The van der Waals surface area contributed by atoms with Crippen LogP contribution in [0.5, 0.6) is 0 Å². The van der Waals surface area contributed by atoms with Gasteiger partial charge in [-0.15, -0.1) is 0 Å². The van der Waals surface area contributed by atoms with E-state index in [1.54, 1.807) is 0 Å². The van der Waals surface area contributed by atoms with Crippen molar-refractivity contribution in [2.45, 2.75) is 63.2 Å². The molecular weight excluding hydrogens is 506 g/mol. The van der Waals surface area contributed by atoms with E-state index in [2.05, 4.69) is 26.1 Å². The van der Waals surface area contributed by atoms with Crippen LogP contribution in [0.15, 0.2) is 72.5 Å². The van der Waals surface area contributed by atoms with Gasteiger partial charge in [-0.25, -0.2) is 4.79 Å². The Morgan fingerprint density at radius 3 is 1.97 bits per heavy atom. The number of methoxy groups -OCH3 is 1.